The molecule has 0 bridgehead atoms. The Balaban J connectivity index is 2.33. The highest BCUT2D eigenvalue weighted by Gasteiger charge is 2.39. The number of nitrogens with zero attached hydrogens (tertiary/aromatic N) is 1. The Morgan fingerprint density at radius 1 is 1.42 bits per heavy atom. The van der Waals surface area contributed by atoms with Crippen molar-refractivity contribution in [1.82, 2.24) is 4.90 Å². The molecule has 0 radical (unpaired) electrons. The summed E-state index contributed by atoms with van der Waals surface area (Å²) in [5.74, 6) is -1.58. The molecule has 1 saturated heterocycles. The lowest BCUT2D eigenvalue weighted by molar-refractivity contribution is -0.141. The number of carboxylic acid groups (broad SMARTS) is 1. The van der Waals surface area contributed by atoms with E-state index in [-0.39, 0.29) is 13.0 Å². The zero-order valence-electron chi connectivity index (χ0n) is 9.91. The second-order valence-electron chi connectivity index (χ2n) is 4.44. The van der Waals surface area contributed by atoms with Crippen LogP contribution in [0, 0.1) is 0 Å². The van der Waals surface area contributed by atoms with E-state index in [1.54, 1.807) is 12.1 Å². The van der Waals surface area contributed by atoms with Crippen LogP contribution in [0.3, 0.4) is 0 Å². The summed E-state index contributed by atoms with van der Waals surface area (Å²) in [5.41, 5.74) is 6.34. The molecule has 1 fully saturated rings. The fourth-order valence-electron chi connectivity index (χ4n) is 2.13. The van der Waals surface area contributed by atoms with Gasteiger partial charge in [0.2, 0.25) is 0 Å². The first kappa shape index (κ1) is 13.8. The number of hydrogen-bond donors (Lipinski definition) is 3. The van der Waals surface area contributed by atoms with Gasteiger partial charge in [0.25, 0.3) is 5.91 Å². The maximum Gasteiger partial charge on any atom is 0.326 e. The Labute approximate surface area is 117 Å². The first-order valence-corrected chi connectivity index (χ1v) is 6.46. The van der Waals surface area contributed by atoms with Crippen LogP contribution in [0.25, 0.3) is 0 Å². The molecule has 1 amide bonds. The number of halogens is 1. The second-order valence-corrected chi connectivity index (χ2v) is 5.29. The summed E-state index contributed by atoms with van der Waals surface area (Å²) in [5, 5.41) is 18.6. The van der Waals surface area contributed by atoms with E-state index >= 15 is 0 Å². The average Bonchev–Trinajstić information content (AvgIpc) is 2.74. The van der Waals surface area contributed by atoms with E-state index in [1.165, 1.54) is 6.07 Å². The van der Waals surface area contributed by atoms with Gasteiger partial charge < -0.3 is 20.8 Å². The number of benzene rings is 1. The minimum absolute atomic E-state index is 0.0110. The van der Waals surface area contributed by atoms with Crippen LogP contribution in [0.1, 0.15) is 16.8 Å². The summed E-state index contributed by atoms with van der Waals surface area (Å²) in [7, 11) is 0. The summed E-state index contributed by atoms with van der Waals surface area (Å²) >= 11 is 3.24. The van der Waals surface area contributed by atoms with Crippen molar-refractivity contribution in [3.8, 4) is 0 Å². The summed E-state index contributed by atoms with van der Waals surface area (Å²) in [4.78, 5) is 24.6. The van der Waals surface area contributed by atoms with Crippen molar-refractivity contribution in [3.05, 3.63) is 28.2 Å². The molecule has 1 aromatic carbocycles. The monoisotopic (exact) mass is 328 g/mol. The molecule has 7 heteroatoms. The van der Waals surface area contributed by atoms with Crippen molar-refractivity contribution in [1.29, 1.82) is 0 Å². The Kier molecular flexibility index (Phi) is 3.77. The number of nitrogen functional groups attached to an aromatic ring is 1. The third-order valence-corrected chi connectivity index (χ3v) is 3.74. The first-order chi connectivity index (χ1) is 8.90. The highest BCUT2D eigenvalue weighted by atomic mass is 79.9. The fourth-order valence-corrected chi connectivity index (χ4v) is 2.55. The van der Waals surface area contributed by atoms with Gasteiger partial charge in [-0.3, -0.25) is 4.79 Å². The fraction of sp³-hybridized carbons (Fsp3) is 0.333. The maximum absolute atomic E-state index is 12.3. The second kappa shape index (κ2) is 5.18. The smallest absolute Gasteiger partial charge is 0.326 e. The number of hydrogen-bond acceptors (Lipinski definition) is 4. The number of aliphatic hydroxyl groups is 1. The van der Waals surface area contributed by atoms with Gasteiger partial charge in [-0.05, 0) is 34.1 Å². The highest BCUT2D eigenvalue weighted by molar-refractivity contribution is 9.10. The molecular weight excluding hydrogens is 316 g/mol. The van der Waals surface area contributed by atoms with Crippen LogP contribution in [0.2, 0.25) is 0 Å². The molecule has 2 rings (SSSR count). The third kappa shape index (κ3) is 2.71. The van der Waals surface area contributed by atoms with E-state index in [4.69, 9.17) is 10.8 Å². The normalized spacial score (nSPS) is 22.5. The zero-order chi connectivity index (χ0) is 14.2. The van der Waals surface area contributed by atoms with Crippen LogP contribution in [0.5, 0.6) is 0 Å². The van der Waals surface area contributed by atoms with E-state index < -0.39 is 24.0 Å². The van der Waals surface area contributed by atoms with E-state index in [1.807, 2.05) is 0 Å². The minimum Gasteiger partial charge on any atom is -0.480 e. The van der Waals surface area contributed by atoms with Crippen LogP contribution in [0.4, 0.5) is 5.69 Å². The van der Waals surface area contributed by atoms with Crippen molar-refractivity contribution in [2.45, 2.75) is 18.6 Å². The minimum atomic E-state index is -1.12. The first-order valence-electron chi connectivity index (χ1n) is 5.67. The molecule has 1 heterocycles. The molecular formula is C12H13BrN2O4. The molecule has 0 aromatic heterocycles. The predicted molar refractivity (Wildman–Crippen MR) is 71.6 cm³/mol. The molecule has 6 nitrogen and oxygen atoms in total. The van der Waals surface area contributed by atoms with Gasteiger partial charge in [-0.1, -0.05) is 0 Å². The van der Waals surface area contributed by atoms with Crippen LogP contribution in [-0.4, -0.2) is 45.7 Å². The number of aliphatic carboxylic acids is 1. The van der Waals surface area contributed by atoms with Crippen molar-refractivity contribution < 1.29 is 19.8 Å². The molecule has 0 saturated carbocycles. The molecule has 102 valence electrons. The molecule has 1 aliphatic heterocycles. The molecule has 1 aliphatic rings. The molecule has 0 unspecified atom stereocenters. The van der Waals surface area contributed by atoms with Gasteiger partial charge in [-0.2, -0.15) is 0 Å². The number of rotatable bonds is 2. The summed E-state index contributed by atoms with van der Waals surface area (Å²) in [6.45, 7) is 0.0110. The van der Waals surface area contributed by atoms with Crippen molar-refractivity contribution in [2.24, 2.45) is 0 Å². The topological polar surface area (TPSA) is 104 Å². The summed E-state index contributed by atoms with van der Waals surface area (Å²) in [6, 6.07) is 3.74. The van der Waals surface area contributed by atoms with Gasteiger partial charge in [0, 0.05) is 23.1 Å². The van der Waals surface area contributed by atoms with E-state index in [2.05, 4.69) is 15.9 Å². The SMILES string of the molecule is Nc1ccc(Br)c(C(=O)N2C[C@@H](O)C[C@H]2C(=O)O)c1. The van der Waals surface area contributed by atoms with Crippen LogP contribution < -0.4 is 5.73 Å². The zero-order valence-corrected chi connectivity index (χ0v) is 11.5. The van der Waals surface area contributed by atoms with Gasteiger partial charge in [-0.15, -0.1) is 0 Å². The molecule has 1 aromatic rings. The number of β-amino-alcohol motifs (C(OH)–C–C–N with tert-alkyl or cyclic N) is 1. The standard InChI is InChI=1S/C12H13BrN2O4/c13-9-2-1-6(14)3-8(9)11(17)15-5-7(16)4-10(15)12(18)19/h1-3,7,10,16H,4-5,14H2,(H,18,19)/t7-,10-/m0/s1. The number of likely N-dealkylation sites (tertiary alicyclic amines) is 1. The molecule has 2 atom stereocenters. The van der Waals surface area contributed by atoms with E-state index in [9.17, 15) is 14.7 Å². The van der Waals surface area contributed by atoms with Crippen molar-refractivity contribution >= 4 is 33.5 Å². The van der Waals surface area contributed by atoms with E-state index in [0.29, 0.717) is 15.7 Å². The van der Waals surface area contributed by atoms with Crippen LogP contribution in [-0.2, 0) is 4.79 Å². The van der Waals surface area contributed by atoms with Crippen molar-refractivity contribution in [2.75, 3.05) is 12.3 Å². The van der Waals surface area contributed by atoms with Crippen LogP contribution >= 0.6 is 15.9 Å². The Morgan fingerprint density at radius 2 is 2.11 bits per heavy atom. The molecule has 0 aliphatic carbocycles. The number of carbonyl (C=O) groups excluding carboxylic acids is 1. The third-order valence-electron chi connectivity index (χ3n) is 3.05. The summed E-state index contributed by atoms with van der Waals surface area (Å²) in [6.07, 6.45) is -0.772. The summed E-state index contributed by atoms with van der Waals surface area (Å²) < 4.78 is 0.539. The maximum atomic E-state index is 12.3. The largest absolute Gasteiger partial charge is 0.480 e. The number of amides is 1. The predicted octanol–water partition coefficient (Wildman–Crippen LogP) is 0.691. The lowest BCUT2D eigenvalue weighted by Gasteiger charge is -2.21. The molecule has 4 N–H and O–H groups in total. The number of anilines is 1. The number of carbonyl (C=O) groups is 2. The average molecular weight is 329 g/mol. The highest BCUT2D eigenvalue weighted by Crippen LogP contribution is 2.26. The lowest BCUT2D eigenvalue weighted by Crippen LogP contribution is -2.40. The number of aliphatic hydroxyl groups excluding tert-OH is 1. The van der Waals surface area contributed by atoms with Gasteiger partial charge in [0.15, 0.2) is 0 Å². The van der Waals surface area contributed by atoms with Crippen LogP contribution in [0.15, 0.2) is 22.7 Å². The Morgan fingerprint density at radius 3 is 2.74 bits per heavy atom. The molecule has 19 heavy (non-hydrogen) atoms. The van der Waals surface area contributed by atoms with E-state index in [0.717, 1.165) is 4.90 Å². The van der Waals surface area contributed by atoms with Gasteiger partial charge in [-0.25, -0.2) is 4.79 Å². The Bertz CT molecular complexity index is 534. The van der Waals surface area contributed by atoms with Crippen molar-refractivity contribution in [3.63, 3.8) is 0 Å². The van der Waals surface area contributed by atoms with Gasteiger partial charge >= 0.3 is 5.97 Å². The number of nitrogens with two attached hydrogens (primary N) is 1. The van der Waals surface area contributed by atoms with Gasteiger partial charge in [0.1, 0.15) is 6.04 Å². The molecule has 0 spiro atoms. The number of carboxylic acids is 1. The quantitative estimate of drug-likeness (QED) is 0.693. The lowest BCUT2D eigenvalue weighted by atomic mass is 10.1. The van der Waals surface area contributed by atoms with Gasteiger partial charge in [0.05, 0.1) is 11.7 Å². The Hall–Kier alpha value is -1.60.